The first kappa shape index (κ1) is 21.8. The van der Waals surface area contributed by atoms with Gasteiger partial charge in [0.15, 0.2) is 0 Å². The van der Waals surface area contributed by atoms with Gasteiger partial charge in [-0.05, 0) is 60.7 Å². The van der Waals surface area contributed by atoms with Crippen molar-refractivity contribution in [3.8, 4) is 0 Å². The van der Waals surface area contributed by atoms with Crippen molar-refractivity contribution < 1.29 is 9.53 Å². The third-order valence-corrected chi connectivity index (χ3v) is 4.84. The van der Waals surface area contributed by atoms with Gasteiger partial charge in [0.05, 0.1) is 23.5 Å². The van der Waals surface area contributed by atoms with E-state index in [0.29, 0.717) is 23.8 Å². The highest BCUT2D eigenvalue weighted by atomic mass is 16.5. The second kappa shape index (κ2) is 12.1. The Kier molecular flexibility index (Phi) is 9.40. The summed E-state index contributed by atoms with van der Waals surface area (Å²) in [5.41, 5.74) is 3.42. The van der Waals surface area contributed by atoms with Crippen LogP contribution >= 0.6 is 0 Å². The molecule has 0 aliphatic heterocycles. The Morgan fingerprint density at radius 3 is 2.07 bits per heavy atom. The molecule has 0 spiro atoms. The molecule has 28 heavy (non-hydrogen) atoms. The molecule has 0 fully saturated rings. The lowest BCUT2D eigenvalue weighted by Gasteiger charge is -2.09. The smallest absolute Gasteiger partial charge is 0.338 e. The zero-order chi connectivity index (χ0) is 20.2. The lowest BCUT2D eigenvalue weighted by atomic mass is 10.1. The second-order valence-corrected chi connectivity index (χ2v) is 7.34. The van der Waals surface area contributed by atoms with E-state index in [0.717, 1.165) is 18.5 Å². The quantitative estimate of drug-likeness (QED) is 0.231. The van der Waals surface area contributed by atoms with Crippen LogP contribution in [-0.4, -0.2) is 12.6 Å². The molecule has 1 atom stereocenters. The molecule has 0 radical (unpaired) electrons. The van der Waals surface area contributed by atoms with E-state index in [-0.39, 0.29) is 5.97 Å². The van der Waals surface area contributed by atoms with Crippen molar-refractivity contribution >= 4 is 17.3 Å². The molecule has 0 N–H and O–H groups in total. The average Bonchev–Trinajstić information content (AvgIpc) is 2.74. The third kappa shape index (κ3) is 7.63. The number of hydrogen-bond acceptors (Lipinski definition) is 4. The van der Waals surface area contributed by atoms with Gasteiger partial charge in [0.25, 0.3) is 0 Å². The van der Waals surface area contributed by atoms with Gasteiger partial charge < -0.3 is 4.74 Å². The molecule has 4 nitrogen and oxygen atoms in total. The molecule has 0 aliphatic rings. The van der Waals surface area contributed by atoms with Crippen LogP contribution in [0.25, 0.3) is 0 Å². The van der Waals surface area contributed by atoms with Gasteiger partial charge in [-0.15, -0.1) is 0 Å². The zero-order valence-corrected chi connectivity index (χ0v) is 17.4. The number of ether oxygens (including phenoxy) is 1. The fraction of sp³-hybridized carbons (Fsp3) is 0.458. The largest absolute Gasteiger partial charge is 0.462 e. The molecule has 150 valence electrons. The van der Waals surface area contributed by atoms with Crippen LogP contribution in [0.2, 0.25) is 0 Å². The summed E-state index contributed by atoms with van der Waals surface area (Å²) in [4.78, 5) is 12.0. The second-order valence-electron chi connectivity index (χ2n) is 7.34. The Labute approximate surface area is 169 Å². The molecule has 4 heteroatoms. The van der Waals surface area contributed by atoms with Gasteiger partial charge in [0.2, 0.25) is 0 Å². The van der Waals surface area contributed by atoms with Gasteiger partial charge in [-0.1, -0.05) is 58.6 Å². The van der Waals surface area contributed by atoms with Crippen LogP contribution in [0.1, 0.15) is 68.8 Å². The van der Waals surface area contributed by atoms with Crippen LogP contribution in [0.3, 0.4) is 0 Å². The number of carbonyl (C=O) groups is 1. The monoisotopic (exact) mass is 380 g/mol. The maximum atomic E-state index is 12.0. The Bertz CT molecular complexity index is 736. The van der Waals surface area contributed by atoms with E-state index in [1.165, 1.54) is 31.2 Å². The molecule has 2 aromatic carbocycles. The minimum atomic E-state index is -0.293. The summed E-state index contributed by atoms with van der Waals surface area (Å²) in [5, 5.41) is 8.53. The first-order chi connectivity index (χ1) is 13.6. The van der Waals surface area contributed by atoms with Crippen molar-refractivity contribution in [3.63, 3.8) is 0 Å². The number of benzene rings is 2. The maximum absolute atomic E-state index is 12.0. The topological polar surface area (TPSA) is 51.0 Å². The lowest BCUT2D eigenvalue weighted by Crippen LogP contribution is -2.11. The molecule has 1 unspecified atom stereocenters. The number of rotatable bonds is 11. The highest BCUT2D eigenvalue weighted by Crippen LogP contribution is 2.20. The minimum absolute atomic E-state index is 0.293. The molecule has 0 saturated carbocycles. The zero-order valence-electron chi connectivity index (χ0n) is 17.4. The van der Waals surface area contributed by atoms with E-state index in [1.54, 1.807) is 24.3 Å². The lowest BCUT2D eigenvalue weighted by molar-refractivity contribution is 0.0447. The van der Waals surface area contributed by atoms with Crippen LogP contribution in [-0.2, 0) is 11.2 Å². The molecule has 0 amide bonds. The molecule has 0 aliphatic carbocycles. The number of carbonyl (C=O) groups excluding carboxylic acids is 1. The Hall–Kier alpha value is -2.49. The summed E-state index contributed by atoms with van der Waals surface area (Å²) >= 11 is 0. The van der Waals surface area contributed by atoms with E-state index < -0.39 is 0 Å². The first-order valence-electron chi connectivity index (χ1n) is 10.4. The van der Waals surface area contributed by atoms with Crippen molar-refractivity contribution in [2.75, 3.05) is 6.61 Å². The molecular formula is C24H32N2O2. The van der Waals surface area contributed by atoms with E-state index >= 15 is 0 Å². The minimum Gasteiger partial charge on any atom is -0.462 e. The van der Waals surface area contributed by atoms with Crippen molar-refractivity contribution in [1.29, 1.82) is 0 Å². The van der Waals surface area contributed by atoms with Crippen molar-refractivity contribution in [1.82, 2.24) is 0 Å². The highest BCUT2D eigenvalue weighted by Gasteiger charge is 2.08. The number of hydrogen-bond donors (Lipinski definition) is 0. The molecule has 2 rings (SSSR count). The summed E-state index contributed by atoms with van der Waals surface area (Å²) in [5.74, 6) is 0.0815. The fourth-order valence-electron chi connectivity index (χ4n) is 2.68. The molecule has 2 aromatic rings. The molecule has 0 aromatic heterocycles. The Morgan fingerprint density at radius 1 is 0.893 bits per heavy atom. The van der Waals surface area contributed by atoms with Gasteiger partial charge in [0, 0.05) is 0 Å². The van der Waals surface area contributed by atoms with E-state index in [2.05, 4.69) is 43.1 Å². The predicted octanol–water partition coefficient (Wildman–Crippen LogP) is 7.43. The molecule has 0 bridgehead atoms. The number of nitrogens with zero attached hydrogens (tertiary/aromatic N) is 2. The molecule has 0 heterocycles. The van der Waals surface area contributed by atoms with Crippen LogP contribution in [0.4, 0.5) is 11.4 Å². The summed E-state index contributed by atoms with van der Waals surface area (Å²) in [7, 11) is 0. The first-order valence-corrected chi connectivity index (χ1v) is 10.4. The van der Waals surface area contributed by atoms with Gasteiger partial charge in [-0.25, -0.2) is 4.79 Å². The number of esters is 1. The average molecular weight is 381 g/mol. The molecular weight excluding hydrogens is 348 g/mol. The number of aryl methyl sites for hydroxylation is 1. The van der Waals surface area contributed by atoms with Crippen molar-refractivity contribution in [2.45, 2.75) is 59.3 Å². The van der Waals surface area contributed by atoms with Gasteiger partial charge in [-0.2, -0.15) is 10.2 Å². The van der Waals surface area contributed by atoms with Crippen LogP contribution < -0.4 is 0 Å². The van der Waals surface area contributed by atoms with Crippen LogP contribution in [0, 0.1) is 5.92 Å². The maximum Gasteiger partial charge on any atom is 0.338 e. The predicted molar refractivity (Wildman–Crippen MR) is 115 cm³/mol. The van der Waals surface area contributed by atoms with Crippen molar-refractivity contribution in [3.05, 3.63) is 59.7 Å². The van der Waals surface area contributed by atoms with Gasteiger partial charge in [0.1, 0.15) is 0 Å². The standard InChI is InChI=1S/C24H32N2O2/c1-4-6-7-8-9-20-10-14-22(15-11-20)25-26-23-16-12-21(13-17-23)24(27)28-18-19(3)5-2/h10-17,19H,4-9,18H2,1-3H3. The Morgan fingerprint density at radius 2 is 1.50 bits per heavy atom. The fourth-order valence-corrected chi connectivity index (χ4v) is 2.68. The van der Waals surface area contributed by atoms with E-state index in [4.69, 9.17) is 4.74 Å². The third-order valence-electron chi connectivity index (χ3n) is 4.84. The Balaban J connectivity index is 1.85. The van der Waals surface area contributed by atoms with Crippen LogP contribution in [0.5, 0.6) is 0 Å². The summed E-state index contributed by atoms with van der Waals surface area (Å²) in [6.07, 6.45) is 7.21. The normalized spacial score (nSPS) is 12.2. The molecule has 0 saturated heterocycles. The summed E-state index contributed by atoms with van der Waals surface area (Å²) in [6.45, 7) is 6.83. The van der Waals surface area contributed by atoms with Gasteiger partial charge >= 0.3 is 5.97 Å². The van der Waals surface area contributed by atoms with Crippen LogP contribution in [0.15, 0.2) is 58.8 Å². The summed E-state index contributed by atoms with van der Waals surface area (Å²) in [6, 6.07) is 15.3. The summed E-state index contributed by atoms with van der Waals surface area (Å²) < 4.78 is 5.31. The number of azo groups is 1. The highest BCUT2D eigenvalue weighted by molar-refractivity contribution is 5.89. The van der Waals surface area contributed by atoms with E-state index in [9.17, 15) is 4.79 Å². The number of unbranched alkanes of at least 4 members (excludes halogenated alkanes) is 3. The SMILES string of the molecule is CCCCCCc1ccc(N=Nc2ccc(C(=O)OCC(C)CC)cc2)cc1. The van der Waals surface area contributed by atoms with Gasteiger partial charge in [-0.3, -0.25) is 0 Å². The van der Waals surface area contributed by atoms with E-state index in [1.807, 2.05) is 12.1 Å². The van der Waals surface area contributed by atoms with Crippen molar-refractivity contribution in [2.24, 2.45) is 16.1 Å².